The highest BCUT2D eigenvalue weighted by atomic mass is 14.8. The van der Waals surface area contributed by atoms with Crippen LogP contribution in [-0.4, -0.2) is 19.9 Å². The Bertz CT molecular complexity index is 1120. The van der Waals surface area contributed by atoms with Crippen molar-refractivity contribution in [2.45, 2.75) is 0 Å². The van der Waals surface area contributed by atoms with E-state index in [9.17, 15) is 0 Å². The fourth-order valence-electron chi connectivity index (χ4n) is 3.14. The summed E-state index contributed by atoms with van der Waals surface area (Å²) in [6.45, 7) is 0. The zero-order chi connectivity index (χ0) is 17.3. The molecule has 0 amide bonds. The SMILES string of the molecule is c1ccc(-c2cc3nc4ccccc4nc3cc2-c2ccccn2)nc1. The van der Waals surface area contributed by atoms with Gasteiger partial charge in [-0.15, -0.1) is 0 Å². The monoisotopic (exact) mass is 334 g/mol. The lowest BCUT2D eigenvalue weighted by atomic mass is 9.99. The molecule has 26 heavy (non-hydrogen) atoms. The van der Waals surface area contributed by atoms with Crippen molar-refractivity contribution in [2.75, 3.05) is 0 Å². The van der Waals surface area contributed by atoms with Gasteiger partial charge in [-0.05, 0) is 48.5 Å². The van der Waals surface area contributed by atoms with Crippen LogP contribution < -0.4 is 0 Å². The quantitative estimate of drug-likeness (QED) is 0.431. The molecule has 0 saturated heterocycles. The van der Waals surface area contributed by atoms with Crippen LogP contribution in [0.25, 0.3) is 44.6 Å². The molecule has 0 aliphatic carbocycles. The van der Waals surface area contributed by atoms with Crippen LogP contribution in [0.1, 0.15) is 0 Å². The number of hydrogen-bond donors (Lipinski definition) is 0. The molecule has 0 aliphatic heterocycles. The number of nitrogens with zero attached hydrogens (tertiary/aromatic N) is 4. The Morgan fingerprint density at radius 3 is 1.35 bits per heavy atom. The molecule has 5 aromatic rings. The highest BCUT2D eigenvalue weighted by molar-refractivity contribution is 5.94. The van der Waals surface area contributed by atoms with Crippen molar-refractivity contribution < 1.29 is 0 Å². The van der Waals surface area contributed by atoms with E-state index in [-0.39, 0.29) is 0 Å². The van der Waals surface area contributed by atoms with Crippen LogP contribution in [0, 0.1) is 0 Å². The molecule has 0 radical (unpaired) electrons. The molecule has 0 N–H and O–H groups in total. The predicted molar refractivity (Wildman–Crippen MR) is 104 cm³/mol. The summed E-state index contributed by atoms with van der Waals surface area (Å²) in [5, 5.41) is 0. The van der Waals surface area contributed by atoms with Gasteiger partial charge in [-0.2, -0.15) is 0 Å². The molecule has 5 rings (SSSR count). The van der Waals surface area contributed by atoms with Gasteiger partial charge >= 0.3 is 0 Å². The average Bonchev–Trinajstić information content (AvgIpc) is 2.72. The molecule has 0 atom stereocenters. The molecule has 0 fully saturated rings. The van der Waals surface area contributed by atoms with Gasteiger partial charge in [-0.25, -0.2) is 9.97 Å². The van der Waals surface area contributed by atoms with Gasteiger partial charge in [0.25, 0.3) is 0 Å². The summed E-state index contributed by atoms with van der Waals surface area (Å²) >= 11 is 0. The lowest BCUT2D eigenvalue weighted by Gasteiger charge is -2.11. The van der Waals surface area contributed by atoms with Crippen molar-refractivity contribution in [3.05, 3.63) is 85.2 Å². The van der Waals surface area contributed by atoms with Gasteiger partial charge in [0.2, 0.25) is 0 Å². The average molecular weight is 334 g/mol. The third kappa shape index (κ3) is 2.48. The second-order valence-corrected chi connectivity index (χ2v) is 6.03. The van der Waals surface area contributed by atoms with Gasteiger partial charge in [-0.1, -0.05) is 24.3 Å². The second-order valence-electron chi connectivity index (χ2n) is 6.03. The fourth-order valence-corrected chi connectivity index (χ4v) is 3.14. The maximum Gasteiger partial charge on any atom is 0.0901 e. The van der Waals surface area contributed by atoms with Crippen molar-refractivity contribution in [3.63, 3.8) is 0 Å². The largest absolute Gasteiger partial charge is 0.256 e. The van der Waals surface area contributed by atoms with Crippen molar-refractivity contribution in [1.29, 1.82) is 0 Å². The Kier molecular flexibility index (Phi) is 3.39. The number of rotatable bonds is 2. The Morgan fingerprint density at radius 1 is 0.462 bits per heavy atom. The first-order valence-electron chi connectivity index (χ1n) is 8.42. The van der Waals surface area contributed by atoms with E-state index in [0.717, 1.165) is 44.6 Å². The normalized spacial score (nSPS) is 11.1. The Morgan fingerprint density at radius 2 is 0.923 bits per heavy atom. The number of fused-ring (bicyclic) bond motifs is 2. The number of aromatic nitrogens is 4. The van der Waals surface area contributed by atoms with Crippen LogP contribution in [0.2, 0.25) is 0 Å². The highest BCUT2D eigenvalue weighted by Crippen LogP contribution is 2.33. The van der Waals surface area contributed by atoms with Crippen LogP contribution >= 0.6 is 0 Å². The summed E-state index contributed by atoms with van der Waals surface area (Å²) < 4.78 is 0. The zero-order valence-electron chi connectivity index (χ0n) is 13.9. The Hall–Kier alpha value is -3.66. The van der Waals surface area contributed by atoms with Crippen LogP contribution in [0.4, 0.5) is 0 Å². The minimum absolute atomic E-state index is 0.851. The van der Waals surface area contributed by atoms with Crippen molar-refractivity contribution >= 4 is 22.1 Å². The van der Waals surface area contributed by atoms with Gasteiger partial charge in [0.1, 0.15) is 0 Å². The molecule has 3 aromatic heterocycles. The van der Waals surface area contributed by atoms with Gasteiger partial charge in [-0.3, -0.25) is 9.97 Å². The zero-order valence-corrected chi connectivity index (χ0v) is 13.9. The summed E-state index contributed by atoms with van der Waals surface area (Å²) in [4.78, 5) is 18.6. The smallest absolute Gasteiger partial charge is 0.0901 e. The van der Waals surface area contributed by atoms with Crippen LogP contribution in [0.15, 0.2) is 85.2 Å². The lowest BCUT2D eigenvalue weighted by Crippen LogP contribution is -1.94. The number of benzene rings is 2. The van der Waals surface area contributed by atoms with E-state index in [1.54, 1.807) is 12.4 Å². The highest BCUT2D eigenvalue weighted by Gasteiger charge is 2.13. The number of hydrogen-bond acceptors (Lipinski definition) is 4. The standard InChI is InChI=1S/C22H14N4/c1-2-10-20-19(9-1)25-21-13-15(17-7-3-5-11-23-17)16(14-22(21)26-20)18-8-4-6-12-24-18/h1-14H. The molecule has 2 aromatic carbocycles. The third-order valence-electron chi connectivity index (χ3n) is 4.36. The van der Waals surface area contributed by atoms with Gasteiger partial charge in [0.15, 0.2) is 0 Å². The second kappa shape index (κ2) is 6.01. The molecular formula is C22H14N4. The van der Waals surface area contributed by atoms with E-state index in [0.29, 0.717) is 0 Å². The molecule has 0 saturated carbocycles. The number of pyridine rings is 2. The maximum atomic E-state index is 4.79. The minimum atomic E-state index is 0.851. The van der Waals surface area contributed by atoms with E-state index in [1.807, 2.05) is 60.7 Å². The van der Waals surface area contributed by atoms with Crippen molar-refractivity contribution in [1.82, 2.24) is 19.9 Å². The first kappa shape index (κ1) is 14.7. The van der Waals surface area contributed by atoms with Gasteiger partial charge in [0.05, 0.1) is 33.5 Å². The molecule has 3 heterocycles. The summed E-state index contributed by atoms with van der Waals surface area (Å²) in [6.07, 6.45) is 3.60. The van der Waals surface area contributed by atoms with E-state index in [1.165, 1.54) is 0 Å². The van der Waals surface area contributed by atoms with Crippen molar-refractivity contribution in [3.8, 4) is 22.5 Å². The van der Waals surface area contributed by atoms with Gasteiger partial charge in [0, 0.05) is 23.5 Å². The molecule has 4 heteroatoms. The lowest BCUT2D eigenvalue weighted by molar-refractivity contribution is 1.30. The maximum absolute atomic E-state index is 4.79. The molecule has 4 nitrogen and oxygen atoms in total. The van der Waals surface area contributed by atoms with Crippen LogP contribution in [0.3, 0.4) is 0 Å². The topological polar surface area (TPSA) is 51.6 Å². The first-order chi connectivity index (χ1) is 12.9. The van der Waals surface area contributed by atoms with E-state index in [2.05, 4.69) is 22.1 Å². The van der Waals surface area contributed by atoms with Crippen LogP contribution in [0.5, 0.6) is 0 Å². The molecule has 0 spiro atoms. The Labute approximate surface area is 150 Å². The fraction of sp³-hybridized carbons (Fsp3) is 0. The predicted octanol–water partition coefficient (Wildman–Crippen LogP) is 4.91. The van der Waals surface area contributed by atoms with Crippen molar-refractivity contribution in [2.24, 2.45) is 0 Å². The third-order valence-corrected chi connectivity index (χ3v) is 4.36. The van der Waals surface area contributed by atoms with Gasteiger partial charge < -0.3 is 0 Å². The molecule has 0 unspecified atom stereocenters. The summed E-state index contributed by atoms with van der Waals surface area (Å²) in [5.74, 6) is 0. The number of para-hydroxylation sites is 2. The molecular weight excluding hydrogens is 320 g/mol. The summed E-state index contributed by atoms with van der Waals surface area (Å²) in [6, 6.07) is 23.8. The molecule has 0 bridgehead atoms. The van der Waals surface area contributed by atoms with E-state index in [4.69, 9.17) is 9.97 Å². The molecule has 0 aliphatic rings. The first-order valence-corrected chi connectivity index (χ1v) is 8.42. The van der Waals surface area contributed by atoms with E-state index >= 15 is 0 Å². The molecule has 122 valence electrons. The Balaban J connectivity index is 1.86. The summed E-state index contributed by atoms with van der Waals surface area (Å²) in [7, 11) is 0. The van der Waals surface area contributed by atoms with E-state index < -0.39 is 0 Å². The minimum Gasteiger partial charge on any atom is -0.256 e. The summed E-state index contributed by atoms with van der Waals surface area (Å²) in [5.41, 5.74) is 7.26. The van der Waals surface area contributed by atoms with Crippen LogP contribution in [-0.2, 0) is 0 Å².